The number of phenolic OH excluding ortho intramolecular Hbond substituents is 1. The van der Waals surface area contributed by atoms with Crippen LogP contribution in [0.25, 0.3) is 0 Å². The van der Waals surface area contributed by atoms with E-state index in [0.29, 0.717) is 0 Å². The lowest BCUT2D eigenvalue weighted by Crippen LogP contribution is -2.22. The maximum absolute atomic E-state index is 11.8. The largest absolute Gasteiger partial charge is 0.506 e. The van der Waals surface area contributed by atoms with Gasteiger partial charge in [-0.1, -0.05) is 0 Å². The number of nitrogens with zero attached hydrogens (tertiary/aromatic N) is 1. The van der Waals surface area contributed by atoms with E-state index in [4.69, 9.17) is 0 Å². The fraction of sp³-hybridized carbons (Fsp3) is 0.364. The average Bonchev–Trinajstić information content (AvgIpc) is 2.85. The number of hydrogen-bond donors (Lipinski definition) is 2. The zero-order chi connectivity index (χ0) is 13.1. The Balaban J connectivity index is 2.09. The van der Waals surface area contributed by atoms with Gasteiger partial charge in [-0.3, -0.25) is 14.9 Å². The summed E-state index contributed by atoms with van der Waals surface area (Å²) < 4.78 is 0. The summed E-state index contributed by atoms with van der Waals surface area (Å²) in [5.41, 5.74) is 0.00409. The normalized spacial score (nSPS) is 18.6. The molecule has 1 unspecified atom stereocenters. The summed E-state index contributed by atoms with van der Waals surface area (Å²) >= 11 is 1.72. The molecule has 1 saturated heterocycles. The molecule has 0 bridgehead atoms. The number of thioether (sulfide) groups is 1. The number of nitrogens with one attached hydrogen (secondary N) is 1. The highest BCUT2D eigenvalue weighted by molar-refractivity contribution is 7.99. The lowest BCUT2D eigenvalue weighted by Gasteiger charge is -2.10. The van der Waals surface area contributed by atoms with Crippen molar-refractivity contribution in [2.24, 2.45) is 5.92 Å². The molecule has 6 nitrogen and oxygen atoms in total. The first-order valence-corrected chi connectivity index (χ1v) is 6.59. The molecule has 0 radical (unpaired) electrons. The number of carbonyl (C=O) groups excluding carboxylic acids is 1. The van der Waals surface area contributed by atoms with Crippen molar-refractivity contribution < 1.29 is 14.8 Å². The summed E-state index contributed by atoms with van der Waals surface area (Å²) in [5, 5.41) is 22.7. The number of non-ortho nitro benzene ring substituents is 1. The van der Waals surface area contributed by atoms with Crippen LogP contribution < -0.4 is 5.32 Å². The minimum atomic E-state index is -0.598. The topological polar surface area (TPSA) is 92.5 Å². The van der Waals surface area contributed by atoms with Gasteiger partial charge in [-0.05, 0) is 18.2 Å². The predicted octanol–water partition coefficient (Wildman–Crippen LogP) is 1.99. The highest BCUT2D eigenvalue weighted by Crippen LogP contribution is 2.30. The highest BCUT2D eigenvalue weighted by atomic mass is 32.2. The third-order valence-corrected chi connectivity index (χ3v) is 3.91. The summed E-state index contributed by atoms with van der Waals surface area (Å²) in [7, 11) is 0. The number of phenols is 1. The van der Waals surface area contributed by atoms with E-state index in [1.165, 1.54) is 12.1 Å². The number of nitro groups is 1. The molecule has 18 heavy (non-hydrogen) atoms. The van der Waals surface area contributed by atoms with Crippen molar-refractivity contribution in [1.29, 1.82) is 0 Å². The molecule has 0 aromatic heterocycles. The maximum Gasteiger partial charge on any atom is 0.273 e. The van der Waals surface area contributed by atoms with Gasteiger partial charge in [0, 0.05) is 17.7 Å². The van der Waals surface area contributed by atoms with Crippen molar-refractivity contribution in [1.82, 2.24) is 0 Å². The monoisotopic (exact) mass is 268 g/mol. The molecule has 0 saturated carbocycles. The smallest absolute Gasteiger partial charge is 0.273 e. The average molecular weight is 268 g/mol. The number of rotatable bonds is 3. The van der Waals surface area contributed by atoms with Crippen molar-refractivity contribution in [3.05, 3.63) is 28.3 Å². The molecule has 0 spiro atoms. The summed E-state index contributed by atoms with van der Waals surface area (Å²) in [4.78, 5) is 21.7. The van der Waals surface area contributed by atoms with E-state index in [9.17, 15) is 20.0 Å². The van der Waals surface area contributed by atoms with Gasteiger partial charge in [0.1, 0.15) is 5.75 Å². The third kappa shape index (κ3) is 2.73. The standard InChI is InChI=1S/C11H12N2O4S/c14-10-5-8(13(16)17)1-2-9(10)12-11(15)7-3-4-18-6-7/h1-2,5,7,14H,3-4,6H2,(H,12,15). The summed E-state index contributed by atoms with van der Waals surface area (Å²) in [6.07, 6.45) is 0.824. The predicted molar refractivity (Wildman–Crippen MR) is 68.8 cm³/mol. The molecular weight excluding hydrogens is 256 g/mol. The Morgan fingerprint density at radius 2 is 2.33 bits per heavy atom. The van der Waals surface area contributed by atoms with Gasteiger partial charge in [0.15, 0.2) is 0 Å². The fourth-order valence-corrected chi connectivity index (χ4v) is 2.94. The quantitative estimate of drug-likeness (QED) is 0.497. The molecule has 1 aromatic carbocycles. The molecule has 1 atom stereocenters. The van der Waals surface area contributed by atoms with Crippen LogP contribution in [0.3, 0.4) is 0 Å². The van der Waals surface area contributed by atoms with Crippen LogP contribution in [0.15, 0.2) is 18.2 Å². The van der Waals surface area contributed by atoms with E-state index in [1.807, 2.05) is 0 Å². The van der Waals surface area contributed by atoms with E-state index in [2.05, 4.69) is 5.32 Å². The molecule has 96 valence electrons. The van der Waals surface area contributed by atoms with Gasteiger partial charge < -0.3 is 10.4 Å². The van der Waals surface area contributed by atoms with E-state index >= 15 is 0 Å². The van der Waals surface area contributed by atoms with E-state index in [0.717, 1.165) is 24.0 Å². The zero-order valence-corrected chi connectivity index (χ0v) is 10.3. The summed E-state index contributed by atoms with van der Waals surface area (Å²) in [5.74, 6) is 1.25. The second-order valence-electron chi connectivity index (χ2n) is 4.01. The second kappa shape index (κ2) is 5.26. The van der Waals surface area contributed by atoms with Crippen LogP contribution in [0, 0.1) is 16.0 Å². The maximum atomic E-state index is 11.8. The van der Waals surface area contributed by atoms with E-state index in [-0.39, 0.29) is 28.9 Å². The fourth-order valence-electron chi connectivity index (χ4n) is 1.72. The van der Waals surface area contributed by atoms with Gasteiger partial charge in [-0.25, -0.2) is 0 Å². The Morgan fingerprint density at radius 3 is 2.89 bits per heavy atom. The van der Waals surface area contributed by atoms with E-state index < -0.39 is 4.92 Å². The molecule has 7 heteroatoms. The molecule has 1 amide bonds. The van der Waals surface area contributed by atoms with Gasteiger partial charge in [0.2, 0.25) is 5.91 Å². The van der Waals surface area contributed by atoms with Gasteiger partial charge in [0.05, 0.1) is 16.7 Å². The second-order valence-corrected chi connectivity index (χ2v) is 5.16. The summed E-state index contributed by atoms with van der Waals surface area (Å²) in [6.45, 7) is 0. The number of carbonyl (C=O) groups is 1. The summed E-state index contributed by atoms with van der Waals surface area (Å²) in [6, 6.07) is 3.62. The van der Waals surface area contributed by atoms with Gasteiger partial charge >= 0.3 is 0 Å². The van der Waals surface area contributed by atoms with Crippen LogP contribution in [0.5, 0.6) is 5.75 Å². The Morgan fingerprint density at radius 1 is 1.56 bits per heavy atom. The highest BCUT2D eigenvalue weighted by Gasteiger charge is 2.24. The Labute approximate surface area is 108 Å². The Kier molecular flexibility index (Phi) is 3.71. The van der Waals surface area contributed by atoms with Crippen molar-refractivity contribution in [3.63, 3.8) is 0 Å². The molecule has 0 aliphatic carbocycles. The van der Waals surface area contributed by atoms with Crippen molar-refractivity contribution in [3.8, 4) is 5.75 Å². The number of amides is 1. The lowest BCUT2D eigenvalue weighted by atomic mass is 10.1. The van der Waals surface area contributed by atoms with Crippen LogP contribution in [0.4, 0.5) is 11.4 Å². The SMILES string of the molecule is O=C(Nc1ccc([N+](=O)[O-])cc1O)C1CCSC1. The molecule has 1 aliphatic heterocycles. The van der Waals surface area contributed by atoms with Crippen LogP contribution >= 0.6 is 11.8 Å². The van der Waals surface area contributed by atoms with E-state index in [1.54, 1.807) is 11.8 Å². The number of nitro benzene ring substituents is 1. The van der Waals surface area contributed by atoms with Crippen molar-refractivity contribution in [2.75, 3.05) is 16.8 Å². The molecule has 1 heterocycles. The number of benzene rings is 1. The zero-order valence-electron chi connectivity index (χ0n) is 9.46. The first-order valence-electron chi connectivity index (χ1n) is 5.44. The third-order valence-electron chi connectivity index (χ3n) is 2.75. The van der Waals surface area contributed by atoms with Gasteiger partial charge in [-0.15, -0.1) is 0 Å². The van der Waals surface area contributed by atoms with Gasteiger partial charge in [0.25, 0.3) is 5.69 Å². The molecule has 1 fully saturated rings. The first-order chi connectivity index (χ1) is 8.58. The first kappa shape index (κ1) is 12.7. The van der Waals surface area contributed by atoms with Crippen LogP contribution in [-0.2, 0) is 4.79 Å². The lowest BCUT2D eigenvalue weighted by molar-refractivity contribution is -0.384. The van der Waals surface area contributed by atoms with Crippen LogP contribution in [-0.4, -0.2) is 27.4 Å². The minimum absolute atomic E-state index is 0.0513. The molecule has 1 aliphatic rings. The van der Waals surface area contributed by atoms with Crippen molar-refractivity contribution >= 4 is 29.0 Å². The molecule has 2 N–H and O–H groups in total. The number of hydrogen-bond acceptors (Lipinski definition) is 5. The van der Waals surface area contributed by atoms with Crippen LogP contribution in [0.2, 0.25) is 0 Å². The molecule has 2 rings (SSSR count). The number of anilines is 1. The minimum Gasteiger partial charge on any atom is -0.506 e. The molecular formula is C11H12N2O4S. The van der Waals surface area contributed by atoms with Crippen molar-refractivity contribution in [2.45, 2.75) is 6.42 Å². The molecule has 1 aromatic rings. The Hall–Kier alpha value is -1.76. The number of aromatic hydroxyl groups is 1. The van der Waals surface area contributed by atoms with Gasteiger partial charge in [-0.2, -0.15) is 11.8 Å². The Bertz CT molecular complexity index is 486. The van der Waals surface area contributed by atoms with Crippen LogP contribution in [0.1, 0.15) is 6.42 Å².